The molecule has 0 spiro atoms. The summed E-state index contributed by atoms with van der Waals surface area (Å²) >= 11 is 0. The van der Waals surface area contributed by atoms with E-state index in [-0.39, 0.29) is 12.1 Å². The molecule has 1 fully saturated rings. The molecule has 1 heterocycles. The Labute approximate surface area is 114 Å². The summed E-state index contributed by atoms with van der Waals surface area (Å²) in [6, 6.07) is 8.27. The molecule has 1 aromatic carbocycles. The van der Waals surface area contributed by atoms with Gasteiger partial charge in [0.2, 0.25) is 0 Å². The lowest BCUT2D eigenvalue weighted by Gasteiger charge is -2.11. The van der Waals surface area contributed by atoms with Gasteiger partial charge >= 0.3 is 6.03 Å². The summed E-state index contributed by atoms with van der Waals surface area (Å²) in [5.74, 6) is 0. The number of urea groups is 1. The molecule has 2 N–H and O–H groups in total. The fraction of sp³-hybridized carbons (Fsp3) is 0.533. The minimum atomic E-state index is -0.109. The molecule has 1 aliphatic rings. The van der Waals surface area contributed by atoms with E-state index in [1.807, 2.05) is 0 Å². The molecule has 0 bridgehead atoms. The molecule has 19 heavy (non-hydrogen) atoms. The van der Waals surface area contributed by atoms with Crippen LogP contribution in [0.1, 0.15) is 24.0 Å². The number of hydrogen-bond donors (Lipinski definition) is 2. The maximum atomic E-state index is 11.6. The van der Waals surface area contributed by atoms with Crippen molar-refractivity contribution in [3.63, 3.8) is 0 Å². The molecule has 2 rings (SSSR count). The predicted octanol–water partition coefficient (Wildman–Crippen LogP) is 2.02. The maximum Gasteiger partial charge on any atom is 0.314 e. The van der Waals surface area contributed by atoms with Gasteiger partial charge in [0, 0.05) is 19.7 Å². The Bertz CT molecular complexity index is 397. The van der Waals surface area contributed by atoms with E-state index < -0.39 is 0 Å². The van der Waals surface area contributed by atoms with Crippen LogP contribution < -0.4 is 10.6 Å². The fourth-order valence-electron chi connectivity index (χ4n) is 2.15. The Kier molecular flexibility index (Phi) is 5.21. The van der Waals surface area contributed by atoms with Crippen molar-refractivity contribution in [1.29, 1.82) is 0 Å². The molecule has 1 unspecified atom stereocenters. The number of ether oxygens (including phenoxy) is 1. The number of hydrogen-bond acceptors (Lipinski definition) is 2. The van der Waals surface area contributed by atoms with Crippen LogP contribution in [0.2, 0.25) is 0 Å². The fourth-order valence-corrected chi connectivity index (χ4v) is 2.15. The molecule has 2 amide bonds. The van der Waals surface area contributed by atoms with E-state index in [0.29, 0.717) is 13.1 Å². The van der Waals surface area contributed by atoms with E-state index in [4.69, 9.17) is 4.74 Å². The molecule has 0 radical (unpaired) electrons. The van der Waals surface area contributed by atoms with E-state index >= 15 is 0 Å². The molecule has 104 valence electrons. The van der Waals surface area contributed by atoms with Gasteiger partial charge in [0.05, 0.1) is 6.10 Å². The van der Waals surface area contributed by atoms with Crippen molar-refractivity contribution < 1.29 is 9.53 Å². The molecule has 0 aliphatic carbocycles. The van der Waals surface area contributed by atoms with Crippen LogP contribution in [0.15, 0.2) is 24.3 Å². The van der Waals surface area contributed by atoms with Crippen molar-refractivity contribution in [2.45, 2.75) is 32.3 Å². The highest BCUT2D eigenvalue weighted by molar-refractivity contribution is 5.73. The zero-order chi connectivity index (χ0) is 13.5. The third-order valence-electron chi connectivity index (χ3n) is 3.33. The molecule has 4 heteroatoms. The SMILES string of the molecule is Cc1ccc(CCNC(=O)NCC2CCCO2)cc1. The average Bonchev–Trinajstić information content (AvgIpc) is 2.92. The number of rotatable bonds is 5. The van der Waals surface area contributed by atoms with Crippen LogP contribution in [-0.4, -0.2) is 31.8 Å². The van der Waals surface area contributed by atoms with Gasteiger partial charge in [0.25, 0.3) is 0 Å². The summed E-state index contributed by atoms with van der Waals surface area (Å²) < 4.78 is 5.45. The Morgan fingerprint density at radius 3 is 2.79 bits per heavy atom. The Morgan fingerprint density at radius 1 is 1.32 bits per heavy atom. The minimum Gasteiger partial charge on any atom is -0.376 e. The number of benzene rings is 1. The van der Waals surface area contributed by atoms with Gasteiger partial charge in [-0.25, -0.2) is 4.79 Å². The van der Waals surface area contributed by atoms with Crippen LogP contribution in [0.25, 0.3) is 0 Å². The summed E-state index contributed by atoms with van der Waals surface area (Å²) in [7, 11) is 0. The van der Waals surface area contributed by atoms with Crippen molar-refractivity contribution in [1.82, 2.24) is 10.6 Å². The van der Waals surface area contributed by atoms with Crippen molar-refractivity contribution in [2.24, 2.45) is 0 Å². The van der Waals surface area contributed by atoms with Crippen molar-refractivity contribution in [3.05, 3.63) is 35.4 Å². The summed E-state index contributed by atoms with van der Waals surface area (Å²) in [4.78, 5) is 11.6. The highest BCUT2D eigenvalue weighted by atomic mass is 16.5. The van der Waals surface area contributed by atoms with E-state index in [9.17, 15) is 4.79 Å². The van der Waals surface area contributed by atoms with Gasteiger partial charge in [-0.2, -0.15) is 0 Å². The van der Waals surface area contributed by atoms with Crippen molar-refractivity contribution in [2.75, 3.05) is 19.7 Å². The molecular formula is C15H22N2O2. The van der Waals surface area contributed by atoms with Crippen LogP contribution in [0.3, 0.4) is 0 Å². The lowest BCUT2D eigenvalue weighted by Crippen LogP contribution is -2.40. The summed E-state index contributed by atoms with van der Waals surface area (Å²) in [6.07, 6.45) is 3.20. The van der Waals surface area contributed by atoms with Crippen LogP contribution in [-0.2, 0) is 11.2 Å². The third kappa shape index (κ3) is 4.91. The van der Waals surface area contributed by atoms with Crippen molar-refractivity contribution >= 4 is 6.03 Å². The second kappa shape index (κ2) is 7.14. The number of carbonyl (C=O) groups excluding carboxylic acids is 1. The summed E-state index contributed by atoms with van der Waals surface area (Å²) in [5.41, 5.74) is 2.50. The van der Waals surface area contributed by atoms with Gasteiger partial charge in [0.15, 0.2) is 0 Å². The quantitative estimate of drug-likeness (QED) is 0.853. The normalized spacial score (nSPS) is 18.3. The largest absolute Gasteiger partial charge is 0.376 e. The van der Waals surface area contributed by atoms with Gasteiger partial charge < -0.3 is 15.4 Å². The van der Waals surface area contributed by atoms with Crippen LogP contribution in [0.4, 0.5) is 4.79 Å². The molecule has 4 nitrogen and oxygen atoms in total. The van der Waals surface area contributed by atoms with Crippen LogP contribution in [0.5, 0.6) is 0 Å². The smallest absolute Gasteiger partial charge is 0.314 e. The molecule has 1 aromatic rings. The molecule has 0 aromatic heterocycles. The second-order valence-electron chi connectivity index (χ2n) is 5.01. The first-order valence-corrected chi connectivity index (χ1v) is 6.93. The monoisotopic (exact) mass is 262 g/mol. The highest BCUT2D eigenvalue weighted by Crippen LogP contribution is 2.10. The highest BCUT2D eigenvalue weighted by Gasteiger charge is 2.15. The van der Waals surface area contributed by atoms with Crippen LogP contribution in [0, 0.1) is 6.92 Å². The Hall–Kier alpha value is -1.55. The number of aryl methyl sites for hydroxylation is 1. The van der Waals surface area contributed by atoms with E-state index in [2.05, 4.69) is 41.8 Å². The average molecular weight is 262 g/mol. The molecule has 1 atom stereocenters. The van der Waals surface area contributed by atoms with E-state index in [1.54, 1.807) is 0 Å². The van der Waals surface area contributed by atoms with E-state index in [0.717, 1.165) is 25.9 Å². The molecule has 0 saturated carbocycles. The van der Waals surface area contributed by atoms with E-state index in [1.165, 1.54) is 11.1 Å². The van der Waals surface area contributed by atoms with Gasteiger partial charge in [-0.15, -0.1) is 0 Å². The minimum absolute atomic E-state index is 0.109. The van der Waals surface area contributed by atoms with Gasteiger partial charge in [-0.1, -0.05) is 29.8 Å². The second-order valence-corrected chi connectivity index (χ2v) is 5.01. The Morgan fingerprint density at radius 2 is 2.11 bits per heavy atom. The Balaban J connectivity index is 1.59. The zero-order valence-corrected chi connectivity index (χ0v) is 11.4. The van der Waals surface area contributed by atoms with Crippen LogP contribution >= 0.6 is 0 Å². The van der Waals surface area contributed by atoms with Gasteiger partial charge in [-0.05, 0) is 31.7 Å². The first kappa shape index (κ1) is 13.9. The first-order chi connectivity index (χ1) is 9.24. The maximum absolute atomic E-state index is 11.6. The lowest BCUT2D eigenvalue weighted by atomic mass is 10.1. The standard InChI is InChI=1S/C15H22N2O2/c1-12-4-6-13(7-5-12)8-9-16-15(18)17-11-14-3-2-10-19-14/h4-7,14H,2-3,8-11H2,1H3,(H2,16,17,18). The first-order valence-electron chi connectivity index (χ1n) is 6.93. The molecule has 1 saturated heterocycles. The summed E-state index contributed by atoms with van der Waals surface area (Å²) in [6.45, 7) is 4.15. The predicted molar refractivity (Wildman–Crippen MR) is 75.3 cm³/mol. The number of amides is 2. The zero-order valence-electron chi connectivity index (χ0n) is 11.4. The number of carbonyl (C=O) groups is 1. The summed E-state index contributed by atoms with van der Waals surface area (Å²) in [5, 5.41) is 5.71. The van der Waals surface area contributed by atoms with Gasteiger partial charge in [0.1, 0.15) is 0 Å². The molecular weight excluding hydrogens is 240 g/mol. The third-order valence-corrected chi connectivity index (χ3v) is 3.33. The lowest BCUT2D eigenvalue weighted by molar-refractivity contribution is 0.111. The van der Waals surface area contributed by atoms with Crippen molar-refractivity contribution in [3.8, 4) is 0 Å². The number of nitrogens with one attached hydrogen (secondary N) is 2. The van der Waals surface area contributed by atoms with Gasteiger partial charge in [-0.3, -0.25) is 0 Å². The topological polar surface area (TPSA) is 50.4 Å². The molecule has 1 aliphatic heterocycles.